The molecular weight excluding hydrogens is 300 g/mol. The number of carbonyl (C=O) groups excluding carboxylic acids is 1. The molecule has 0 radical (unpaired) electrons. The van der Waals surface area contributed by atoms with Gasteiger partial charge < -0.3 is 10.4 Å². The van der Waals surface area contributed by atoms with Crippen molar-refractivity contribution in [1.29, 1.82) is 5.26 Å². The predicted molar refractivity (Wildman–Crippen MR) is 91.3 cm³/mol. The zero-order chi connectivity index (χ0) is 16.9. The van der Waals surface area contributed by atoms with E-state index in [2.05, 4.69) is 11.4 Å². The molecule has 1 saturated carbocycles. The van der Waals surface area contributed by atoms with Crippen molar-refractivity contribution in [1.82, 2.24) is 5.32 Å². The van der Waals surface area contributed by atoms with Crippen LogP contribution in [0.5, 0.6) is 0 Å². The van der Waals surface area contributed by atoms with Crippen molar-refractivity contribution in [2.45, 2.75) is 31.4 Å². The van der Waals surface area contributed by atoms with Crippen molar-refractivity contribution >= 4 is 5.91 Å². The molecule has 1 fully saturated rings. The van der Waals surface area contributed by atoms with Crippen LogP contribution >= 0.6 is 0 Å². The van der Waals surface area contributed by atoms with Crippen LogP contribution in [0.4, 0.5) is 0 Å². The lowest BCUT2D eigenvalue weighted by Crippen LogP contribution is -2.48. The van der Waals surface area contributed by atoms with Crippen molar-refractivity contribution in [2.24, 2.45) is 5.92 Å². The minimum atomic E-state index is -0.267. The standard InChI is InChI=1S/C20H20N2O2/c21-13-15-8-4-5-9-18(15)20(24)22-19(16-11-17(23)12-16)10-14-6-2-1-3-7-14/h1-9,16-17,19,23H,10-12H2,(H,22,24)/t16?,17?,19-/m0/s1. The normalized spacial score (nSPS) is 20.5. The molecule has 2 aromatic carbocycles. The summed E-state index contributed by atoms with van der Waals surface area (Å²) in [5.41, 5.74) is 1.93. The molecule has 0 unspecified atom stereocenters. The number of nitriles is 1. The smallest absolute Gasteiger partial charge is 0.252 e. The number of carbonyl (C=O) groups is 1. The maximum Gasteiger partial charge on any atom is 0.252 e. The third-order valence-electron chi connectivity index (χ3n) is 4.63. The van der Waals surface area contributed by atoms with Gasteiger partial charge in [-0.25, -0.2) is 0 Å². The molecule has 0 aliphatic heterocycles. The van der Waals surface area contributed by atoms with Crippen LogP contribution in [0, 0.1) is 17.2 Å². The van der Waals surface area contributed by atoms with Crippen LogP contribution in [0.25, 0.3) is 0 Å². The van der Waals surface area contributed by atoms with Gasteiger partial charge in [0.05, 0.1) is 23.3 Å². The summed E-state index contributed by atoms with van der Waals surface area (Å²) < 4.78 is 0. The first-order valence-electron chi connectivity index (χ1n) is 8.19. The van der Waals surface area contributed by atoms with Gasteiger partial charge in [0.15, 0.2) is 0 Å². The van der Waals surface area contributed by atoms with Gasteiger partial charge in [0.2, 0.25) is 0 Å². The van der Waals surface area contributed by atoms with Gasteiger partial charge in [0.1, 0.15) is 0 Å². The summed E-state index contributed by atoms with van der Waals surface area (Å²) in [4.78, 5) is 12.6. The largest absolute Gasteiger partial charge is 0.393 e. The third kappa shape index (κ3) is 3.64. The molecule has 1 aliphatic carbocycles. The molecule has 0 spiro atoms. The fraction of sp³-hybridized carbons (Fsp3) is 0.300. The monoisotopic (exact) mass is 320 g/mol. The van der Waals surface area contributed by atoms with Crippen LogP contribution in [0.1, 0.15) is 34.3 Å². The van der Waals surface area contributed by atoms with Crippen LogP contribution in [0.2, 0.25) is 0 Å². The van der Waals surface area contributed by atoms with E-state index in [-0.39, 0.29) is 24.0 Å². The lowest BCUT2D eigenvalue weighted by molar-refractivity contribution is 0.0239. The zero-order valence-electron chi connectivity index (χ0n) is 13.4. The summed E-state index contributed by atoms with van der Waals surface area (Å²) in [5, 5.41) is 21.9. The average Bonchev–Trinajstić information content (AvgIpc) is 2.59. The minimum absolute atomic E-state index is 0.0463. The molecule has 0 heterocycles. The number of nitrogens with one attached hydrogen (secondary N) is 1. The minimum Gasteiger partial charge on any atom is -0.393 e. The number of benzene rings is 2. The Hall–Kier alpha value is -2.64. The highest BCUT2D eigenvalue weighted by Crippen LogP contribution is 2.32. The highest BCUT2D eigenvalue weighted by atomic mass is 16.3. The third-order valence-corrected chi connectivity index (χ3v) is 4.63. The van der Waals surface area contributed by atoms with E-state index < -0.39 is 0 Å². The molecule has 2 N–H and O–H groups in total. The van der Waals surface area contributed by atoms with Gasteiger partial charge in [-0.15, -0.1) is 0 Å². The first-order valence-corrected chi connectivity index (χ1v) is 8.19. The summed E-state index contributed by atoms with van der Waals surface area (Å²) >= 11 is 0. The van der Waals surface area contributed by atoms with Gasteiger partial charge in [-0.2, -0.15) is 5.26 Å². The van der Waals surface area contributed by atoms with Gasteiger partial charge in [-0.3, -0.25) is 4.79 Å². The fourth-order valence-electron chi connectivity index (χ4n) is 3.19. The summed E-state index contributed by atoms with van der Waals surface area (Å²) in [6.45, 7) is 0. The van der Waals surface area contributed by atoms with E-state index in [0.29, 0.717) is 24.0 Å². The fourth-order valence-corrected chi connectivity index (χ4v) is 3.19. The molecule has 4 heteroatoms. The van der Waals surface area contributed by atoms with E-state index in [1.807, 2.05) is 30.3 Å². The van der Waals surface area contributed by atoms with Gasteiger partial charge in [-0.1, -0.05) is 42.5 Å². The number of rotatable bonds is 5. The highest BCUT2D eigenvalue weighted by molar-refractivity contribution is 5.96. The molecule has 122 valence electrons. The van der Waals surface area contributed by atoms with Gasteiger partial charge >= 0.3 is 0 Å². The average molecular weight is 320 g/mol. The van der Waals surface area contributed by atoms with Crippen LogP contribution in [-0.4, -0.2) is 23.2 Å². The summed E-state index contributed by atoms with van der Waals surface area (Å²) in [6.07, 6.45) is 1.87. The van der Waals surface area contributed by atoms with Crippen molar-refractivity contribution in [3.05, 3.63) is 71.3 Å². The van der Waals surface area contributed by atoms with Crippen LogP contribution in [-0.2, 0) is 6.42 Å². The molecular formula is C20H20N2O2. The Morgan fingerprint density at radius 2 is 1.83 bits per heavy atom. The van der Waals surface area contributed by atoms with E-state index in [0.717, 1.165) is 12.0 Å². The molecule has 24 heavy (non-hydrogen) atoms. The van der Waals surface area contributed by atoms with E-state index in [4.69, 9.17) is 0 Å². The maximum absolute atomic E-state index is 12.6. The first-order chi connectivity index (χ1) is 11.7. The van der Waals surface area contributed by atoms with Gasteiger partial charge in [-0.05, 0) is 42.9 Å². The lowest BCUT2D eigenvalue weighted by atomic mass is 9.75. The van der Waals surface area contributed by atoms with Gasteiger partial charge in [0, 0.05) is 6.04 Å². The number of amides is 1. The summed E-state index contributed by atoms with van der Waals surface area (Å²) in [7, 11) is 0. The maximum atomic E-state index is 12.6. The molecule has 1 atom stereocenters. The zero-order valence-corrected chi connectivity index (χ0v) is 13.4. The first kappa shape index (κ1) is 16.2. The Bertz CT molecular complexity index is 746. The second kappa shape index (κ2) is 7.29. The molecule has 0 saturated heterocycles. The van der Waals surface area contributed by atoms with Crippen molar-refractivity contribution < 1.29 is 9.90 Å². The number of hydrogen-bond acceptors (Lipinski definition) is 3. The topological polar surface area (TPSA) is 73.1 Å². The number of hydrogen-bond donors (Lipinski definition) is 2. The Kier molecular flexibility index (Phi) is 4.93. The molecule has 3 rings (SSSR count). The number of aliphatic hydroxyl groups is 1. The highest BCUT2D eigenvalue weighted by Gasteiger charge is 2.35. The Balaban J connectivity index is 1.76. The molecule has 2 aromatic rings. The Labute approximate surface area is 141 Å². The SMILES string of the molecule is N#Cc1ccccc1C(=O)N[C@@H](Cc1ccccc1)C1CC(O)C1. The molecule has 4 nitrogen and oxygen atoms in total. The van der Waals surface area contributed by atoms with Crippen molar-refractivity contribution in [3.63, 3.8) is 0 Å². The lowest BCUT2D eigenvalue weighted by Gasteiger charge is -2.38. The van der Waals surface area contributed by atoms with Crippen LogP contribution in [0.3, 0.4) is 0 Å². The number of aliphatic hydroxyl groups excluding tert-OH is 1. The second-order valence-electron chi connectivity index (χ2n) is 6.31. The summed E-state index contributed by atoms with van der Waals surface area (Å²) in [6, 6.07) is 18.8. The molecule has 0 bridgehead atoms. The molecule has 1 aliphatic rings. The number of nitrogens with zero attached hydrogens (tertiary/aromatic N) is 1. The van der Waals surface area contributed by atoms with Crippen LogP contribution < -0.4 is 5.32 Å². The van der Waals surface area contributed by atoms with E-state index in [1.54, 1.807) is 24.3 Å². The van der Waals surface area contributed by atoms with Gasteiger partial charge in [0.25, 0.3) is 5.91 Å². The van der Waals surface area contributed by atoms with E-state index >= 15 is 0 Å². The van der Waals surface area contributed by atoms with Crippen molar-refractivity contribution in [3.8, 4) is 6.07 Å². The second-order valence-corrected chi connectivity index (χ2v) is 6.31. The Morgan fingerprint density at radius 1 is 1.17 bits per heavy atom. The van der Waals surface area contributed by atoms with Crippen molar-refractivity contribution in [2.75, 3.05) is 0 Å². The van der Waals surface area contributed by atoms with E-state index in [1.165, 1.54) is 0 Å². The molecule has 1 amide bonds. The quantitative estimate of drug-likeness (QED) is 0.889. The predicted octanol–water partition coefficient (Wildman–Crippen LogP) is 2.67. The van der Waals surface area contributed by atoms with Crippen LogP contribution in [0.15, 0.2) is 54.6 Å². The summed E-state index contributed by atoms with van der Waals surface area (Å²) in [5.74, 6) is 0.0351. The van der Waals surface area contributed by atoms with E-state index in [9.17, 15) is 15.2 Å². The Morgan fingerprint density at radius 3 is 2.50 bits per heavy atom. The molecule has 0 aromatic heterocycles.